The van der Waals surface area contributed by atoms with Gasteiger partial charge in [0.2, 0.25) is 0 Å². The number of rotatable bonds is 3. The summed E-state index contributed by atoms with van der Waals surface area (Å²) >= 11 is 0. The number of benzene rings is 1. The number of carboxylic acid groups (broad SMARTS) is 1. The topological polar surface area (TPSA) is 59.7 Å². The zero-order chi connectivity index (χ0) is 12.6. The molecule has 1 N–H and O–H groups in total. The number of fused-ring (bicyclic) bond motifs is 1. The summed E-state index contributed by atoms with van der Waals surface area (Å²) in [5.41, 5.74) is 1.23. The van der Waals surface area contributed by atoms with Gasteiger partial charge in [-0.1, -0.05) is 12.1 Å². The Morgan fingerprint density at radius 3 is 2.76 bits per heavy atom. The van der Waals surface area contributed by atoms with Crippen LogP contribution >= 0.6 is 0 Å². The summed E-state index contributed by atoms with van der Waals surface area (Å²) in [5, 5.41) is 9.96. The van der Waals surface area contributed by atoms with Crippen molar-refractivity contribution in [2.75, 3.05) is 7.11 Å². The van der Waals surface area contributed by atoms with Crippen LogP contribution in [0.5, 0.6) is 5.75 Å². The van der Waals surface area contributed by atoms with Crippen molar-refractivity contribution in [3.8, 4) is 5.75 Å². The lowest BCUT2D eigenvalue weighted by molar-refractivity contribution is -0.138. The van der Waals surface area contributed by atoms with Gasteiger partial charge in [-0.05, 0) is 19.9 Å². The lowest BCUT2D eigenvalue weighted by atomic mass is 9.99. The Morgan fingerprint density at radius 1 is 1.47 bits per heavy atom. The summed E-state index contributed by atoms with van der Waals surface area (Å²) in [6.07, 6.45) is 0. The van der Waals surface area contributed by atoms with Crippen molar-refractivity contribution in [2.45, 2.75) is 19.8 Å². The molecular formula is C13H14O4. The Bertz CT molecular complexity index is 568. The van der Waals surface area contributed by atoms with Crippen LogP contribution in [0.1, 0.15) is 24.2 Å². The molecule has 2 rings (SSSR count). The number of ether oxygens (including phenoxy) is 1. The minimum absolute atomic E-state index is 0.505. The van der Waals surface area contributed by atoms with E-state index in [0.717, 1.165) is 11.1 Å². The lowest BCUT2D eigenvalue weighted by Crippen LogP contribution is -2.08. The number of carboxylic acids is 1. The van der Waals surface area contributed by atoms with Gasteiger partial charge in [-0.2, -0.15) is 0 Å². The zero-order valence-electron chi connectivity index (χ0n) is 9.98. The van der Waals surface area contributed by atoms with Crippen LogP contribution in [0.4, 0.5) is 0 Å². The Kier molecular flexibility index (Phi) is 2.79. The van der Waals surface area contributed by atoms with Gasteiger partial charge >= 0.3 is 5.97 Å². The minimum Gasteiger partial charge on any atom is -0.492 e. The predicted octanol–water partition coefficient (Wildman–Crippen LogP) is 2.94. The number of aliphatic carboxylic acids is 1. The molecule has 0 saturated carbocycles. The average molecular weight is 234 g/mol. The van der Waals surface area contributed by atoms with Gasteiger partial charge in [0.25, 0.3) is 0 Å². The fraction of sp³-hybridized carbons (Fsp3) is 0.308. The van der Waals surface area contributed by atoms with E-state index in [0.29, 0.717) is 16.9 Å². The predicted molar refractivity (Wildman–Crippen MR) is 63.6 cm³/mol. The maximum absolute atomic E-state index is 11.0. The molecule has 1 unspecified atom stereocenters. The molecule has 17 heavy (non-hydrogen) atoms. The molecule has 4 heteroatoms. The van der Waals surface area contributed by atoms with Crippen molar-refractivity contribution in [1.29, 1.82) is 0 Å². The van der Waals surface area contributed by atoms with E-state index in [-0.39, 0.29) is 0 Å². The van der Waals surface area contributed by atoms with Crippen LogP contribution in [0, 0.1) is 6.92 Å². The molecule has 0 aliphatic carbocycles. The summed E-state index contributed by atoms with van der Waals surface area (Å²) in [6.45, 7) is 3.47. The van der Waals surface area contributed by atoms with Crippen LogP contribution in [0.15, 0.2) is 22.6 Å². The first-order chi connectivity index (χ1) is 8.04. The Balaban J connectivity index is 2.68. The summed E-state index contributed by atoms with van der Waals surface area (Å²) < 4.78 is 10.8. The molecule has 0 amide bonds. The fourth-order valence-electron chi connectivity index (χ4n) is 1.91. The minimum atomic E-state index is -0.883. The second-order valence-corrected chi connectivity index (χ2v) is 4.02. The number of hydrogen-bond donors (Lipinski definition) is 1. The molecule has 0 saturated heterocycles. The highest BCUT2D eigenvalue weighted by Gasteiger charge is 2.21. The van der Waals surface area contributed by atoms with Crippen molar-refractivity contribution in [3.63, 3.8) is 0 Å². The number of carbonyl (C=O) groups is 1. The van der Waals surface area contributed by atoms with Gasteiger partial charge in [-0.15, -0.1) is 0 Å². The highest BCUT2D eigenvalue weighted by atomic mass is 16.5. The van der Waals surface area contributed by atoms with Gasteiger partial charge in [0, 0.05) is 10.9 Å². The van der Waals surface area contributed by atoms with Crippen molar-refractivity contribution in [3.05, 3.63) is 29.5 Å². The van der Waals surface area contributed by atoms with Gasteiger partial charge in [0.05, 0.1) is 13.0 Å². The SMILES string of the molecule is COc1c(C(C)C(=O)O)ccc2cc(C)oc12. The third kappa shape index (κ3) is 1.86. The van der Waals surface area contributed by atoms with Gasteiger partial charge < -0.3 is 14.3 Å². The first-order valence-corrected chi connectivity index (χ1v) is 5.34. The largest absolute Gasteiger partial charge is 0.492 e. The second-order valence-electron chi connectivity index (χ2n) is 4.02. The molecule has 90 valence electrons. The van der Waals surface area contributed by atoms with Crippen molar-refractivity contribution < 1.29 is 19.1 Å². The Labute approximate surface area is 98.8 Å². The number of aryl methyl sites for hydroxylation is 1. The molecule has 0 bridgehead atoms. The molecule has 0 aliphatic rings. The van der Waals surface area contributed by atoms with E-state index >= 15 is 0 Å². The third-order valence-electron chi connectivity index (χ3n) is 2.84. The molecule has 1 heterocycles. The van der Waals surface area contributed by atoms with Crippen molar-refractivity contribution in [1.82, 2.24) is 0 Å². The number of methoxy groups -OCH3 is 1. The second kappa shape index (κ2) is 4.13. The Hall–Kier alpha value is -1.97. The molecule has 4 nitrogen and oxygen atoms in total. The van der Waals surface area contributed by atoms with Crippen LogP contribution < -0.4 is 4.74 Å². The smallest absolute Gasteiger partial charge is 0.310 e. The van der Waals surface area contributed by atoms with Crippen LogP contribution in [0.25, 0.3) is 11.0 Å². The molecule has 1 aromatic carbocycles. The van der Waals surface area contributed by atoms with E-state index in [1.807, 2.05) is 19.1 Å². The van der Waals surface area contributed by atoms with Gasteiger partial charge in [-0.25, -0.2) is 0 Å². The van der Waals surface area contributed by atoms with Gasteiger partial charge in [-0.3, -0.25) is 4.79 Å². The van der Waals surface area contributed by atoms with Crippen molar-refractivity contribution in [2.24, 2.45) is 0 Å². The highest BCUT2D eigenvalue weighted by molar-refractivity contribution is 5.88. The Morgan fingerprint density at radius 2 is 2.18 bits per heavy atom. The molecule has 0 fully saturated rings. The maximum Gasteiger partial charge on any atom is 0.310 e. The monoisotopic (exact) mass is 234 g/mol. The summed E-state index contributed by atoms with van der Waals surface area (Å²) in [5.74, 6) is -0.227. The standard InChI is InChI=1S/C13H14O4/c1-7-6-9-4-5-10(8(2)13(14)15)12(16-3)11(9)17-7/h4-6,8H,1-3H3,(H,14,15). The van der Waals surface area contributed by atoms with Crippen molar-refractivity contribution >= 4 is 16.9 Å². The molecule has 0 aliphatic heterocycles. The maximum atomic E-state index is 11.0. The van der Waals surface area contributed by atoms with E-state index in [1.54, 1.807) is 13.0 Å². The van der Waals surface area contributed by atoms with Crippen LogP contribution in [-0.2, 0) is 4.79 Å². The normalized spacial score (nSPS) is 12.6. The fourth-order valence-corrected chi connectivity index (χ4v) is 1.91. The van der Waals surface area contributed by atoms with E-state index < -0.39 is 11.9 Å². The first-order valence-electron chi connectivity index (χ1n) is 5.34. The number of furan rings is 1. The van der Waals surface area contributed by atoms with E-state index in [2.05, 4.69) is 0 Å². The quantitative estimate of drug-likeness (QED) is 0.887. The zero-order valence-corrected chi connectivity index (χ0v) is 9.98. The van der Waals surface area contributed by atoms with E-state index in [4.69, 9.17) is 14.3 Å². The average Bonchev–Trinajstić information content (AvgIpc) is 2.66. The molecule has 1 aromatic heterocycles. The van der Waals surface area contributed by atoms with Gasteiger partial charge in [0.15, 0.2) is 11.3 Å². The summed E-state index contributed by atoms with van der Waals surface area (Å²) in [6, 6.07) is 5.52. The van der Waals surface area contributed by atoms with Crippen LogP contribution in [0.2, 0.25) is 0 Å². The first kappa shape index (κ1) is 11.5. The molecule has 1 atom stereocenters. The van der Waals surface area contributed by atoms with Crippen LogP contribution in [-0.4, -0.2) is 18.2 Å². The number of hydrogen-bond acceptors (Lipinski definition) is 3. The summed E-state index contributed by atoms with van der Waals surface area (Å²) in [7, 11) is 1.52. The third-order valence-corrected chi connectivity index (χ3v) is 2.84. The van der Waals surface area contributed by atoms with E-state index in [1.165, 1.54) is 7.11 Å². The van der Waals surface area contributed by atoms with E-state index in [9.17, 15) is 4.79 Å². The molecular weight excluding hydrogens is 220 g/mol. The summed E-state index contributed by atoms with van der Waals surface area (Å²) in [4.78, 5) is 11.0. The lowest BCUT2D eigenvalue weighted by Gasteiger charge is -2.12. The van der Waals surface area contributed by atoms with Gasteiger partial charge in [0.1, 0.15) is 5.76 Å². The molecule has 0 radical (unpaired) electrons. The molecule has 2 aromatic rings. The van der Waals surface area contributed by atoms with Crippen LogP contribution in [0.3, 0.4) is 0 Å². The molecule has 0 spiro atoms. The highest BCUT2D eigenvalue weighted by Crippen LogP contribution is 2.35.